The highest BCUT2D eigenvalue weighted by Gasteiger charge is 2.52. The van der Waals surface area contributed by atoms with E-state index in [0.717, 1.165) is 43.3 Å². The van der Waals surface area contributed by atoms with Gasteiger partial charge in [0.05, 0.1) is 6.20 Å². The predicted molar refractivity (Wildman–Crippen MR) is 138 cm³/mol. The summed E-state index contributed by atoms with van der Waals surface area (Å²) in [6.07, 6.45) is -1.52. The van der Waals surface area contributed by atoms with E-state index in [0.29, 0.717) is 12.1 Å². The Morgan fingerprint density at radius 2 is 1.70 bits per heavy atom. The molecule has 3 aromatic rings. The zero-order valence-electron chi connectivity index (χ0n) is 22.5. The van der Waals surface area contributed by atoms with Gasteiger partial charge in [-0.05, 0) is 28.1 Å². The molecule has 1 aliphatic heterocycles. The van der Waals surface area contributed by atoms with Gasteiger partial charge < -0.3 is 29.1 Å². The van der Waals surface area contributed by atoms with E-state index < -0.39 is 82.5 Å². The van der Waals surface area contributed by atoms with Crippen LogP contribution in [-0.4, -0.2) is 73.2 Å². The van der Waals surface area contributed by atoms with Gasteiger partial charge in [0.15, 0.2) is 29.7 Å². The van der Waals surface area contributed by atoms with Gasteiger partial charge in [0.1, 0.15) is 36.1 Å². The summed E-state index contributed by atoms with van der Waals surface area (Å²) in [5.41, 5.74) is -1.50. The van der Waals surface area contributed by atoms with Crippen LogP contribution in [0.25, 0.3) is 11.3 Å². The number of esters is 3. The summed E-state index contributed by atoms with van der Waals surface area (Å²) < 4.78 is 64.9. The van der Waals surface area contributed by atoms with Gasteiger partial charge in [-0.2, -0.15) is 0 Å². The summed E-state index contributed by atoms with van der Waals surface area (Å²) in [5.74, 6) is -7.41. The summed E-state index contributed by atoms with van der Waals surface area (Å²) in [5, 5.41) is 19.2. The highest BCUT2D eigenvalue weighted by molar-refractivity contribution is 7.99. The highest BCUT2D eigenvalue weighted by Crippen LogP contribution is 2.42. The standard InChI is InChI=1S/C25H22F3N5O9S/c1-11(34)39-10-19-23(40-12(2)35)22(32-9-18(30-31-32)14-6-16(26)21(28)17(27)7-14)24(41-13(3)36)25(42-19)43-15-4-5-29-20(8-15)33(37)38/h4-9,19,22-25H,10H2,1-3H3/t19?,22?,23-,24-,25+/m0/s1. The van der Waals surface area contributed by atoms with Gasteiger partial charge in [-0.15, -0.1) is 5.10 Å². The van der Waals surface area contributed by atoms with Crippen LogP contribution in [0.5, 0.6) is 0 Å². The lowest BCUT2D eigenvalue weighted by Crippen LogP contribution is -2.57. The van der Waals surface area contributed by atoms with Crippen LogP contribution in [0.15, 0.2) is 41.6 Å². The average molecular weight is 626 g/mol. The van der Waals surface area contributed by atoms with Crippen LogP contribution in [0, 0.1) is 27.6 Å². The Kier molecular flexibility index (Phi) is 9.59. The molecular formula is C25H22F3N5O9S. The molecule has 0 bridgehead atoms. The Morgan fingerprint density at radius 1 is 1.05 bits per heavy atom. The van der Waals surface area contributed by atoms with Gasteiger partial charge >= 0.3 is 23.7 Å². The maximum absolute atomic E-state index is 13.9. The number of halogens is 3. The second-order valence-electron chi connectivity index (χ2n) is 9.05. The molecule has 0 saturated carbocycles. The normalized spacial score (nSPS) is 21.6. The number of hydrogen-bond acceptors (Lipinski definition) is 13. The van der Waals surface area contributed by atoms with Crippen LogP contribution < -0.4 is 0 Å². The minimum atomic E-state index is -1.69. The molecule has 2 unspecified atom stereocenters. The van der Waals surface area contributed by atoms with Crippen molar-refractivity contribution in [2.45, 2.75) is 55.5 Å². The lowest BCUT2D eigenvalue weighted by Gasteiger charge is -2.44. The maximum atomic E-state index is 13.9. The Morgan fingerprint density at radius 3 is 2.30 bits per heavy atom. The molecule has 2 aromatic heterocycles. The molecule has 0 spiro atoms. The minimum Gasteiger partial charge on any atom is -0.463 e. The second-order valence-corrected chi connectivity index (χ2v) is 10.2. The SMILES string of the molecule is CC(=O)OCC1O[C@H](Sc2ccnc([N+](=O)[O-])c2)[C@@H](OC(C)=O)C(n2cc(-c3cc(F)c(F)c(F)c3)nn2)[C@H]1OC(C)=O. The number of carbonyl (C=O) groups is 3. The molecule has 0 radical (unpaired) electrons. The fourth-order valence-corrected chi connectivity index (χ4v) is 5.37. The fraction of sp³-hybridized carbons (Fsp3) is 0.360. The molecule has 4 rings (SSSR count). The number of pyridine rings is 1. The van der Waals surface area contributed by atoms with Crippen molar-refractivity contribution in [2.75, 3.05) is 6.61 Å². The smallest absolute Gasteiger partial charge is 0.364 e. The number of rotatable bonds is 9. The van der Waals surface area contributed by atoms with Gasteiger partial charge in [0.25, 0.3) is 0 Å². The first-order valence-electron chi connectivity index (χ1n) is 12.3. The third-order valence-corrected chi connectivity index (χ3v) is 7.06. The van der Waals surface area contributed by atoms with Crippen molar-refractivity contribution in [3.8, 4) is 11.3 Å². The van der Waals surface area contributed by atoms with E-state index in [1.165, 1.54) is 18.5 Å². The van der Waals surface area contributed by atoms with Crippen molar-refractivity contribution in [3.05, 3.63) is 64.2 Å². The van der Waals surface area contributed by atoms with E-state index in [2.05, 4.69) is 15.3 Å². The second kappa shape index (κ2) is 13.2. The van der Waals surface area contributed by atoms with Crippen LogP contribution >= 0.6 is 11.8 Å². The maximum Gasteiger partial charge on any atom is 0.364 e. The van der Waals surface area contributed by atoms with E-state index in [-0.39, 0.29) is 16.2 Å². The number of nitrogens with zero attached hydrogens (tertiary/aromatic N) is 5. The van der Waals surface area contributed by atoms with Crippen LogP contribution in [0.2, 0.25) is 0 Å². The first-order valence-corrected chi connectivity index (χ1v) is 13.2. The number of benzene rings is 1. The Labute approximate surface area is 244 Å². The van der Waals surface area contributed by atoms with Crippen molar-refractivity contribution >= 4 is 35.5 Å². The number of thioether (sulfide) groups is 1. The van der Waals surface area contributed by atoms with Crippen LogP contribution in [0.1, 0.15) is 26.8 Å². The summed E-state index contributed by atoms with van der Waals surface area (Å²) >= 11 is 0.885. The quantitative estimate of drug-likeness (QED) is 0.112. The molecule has 228 valence electrons. The van der Waals surface area contributed by atoms with Gasteiger partial charge in [0, 0.05) is 37.3 Å². The Balaban J connectivity index is 1.82. The zero-order valence-corrected chi connectivity index (χ0v) is 23.3. The van der Waals surface area contributed by atoms with Gasteiger partial charge in [0.2, 0.25) is 0 Å². The molecule has 1 aliphatic rings. The third kappa shape index (κ3) is 7.44. The van der Waals surface area contributed by atoms with E-state index >= 15 is 0 Å². The largest absolute Gasteiger partial charge is 0.463 e. The summed E-state index contributed by atoms with van der Waals surface area (Å²) in [6.45, 7) is 2.88. The molecule has 0 amide bonds. The van der Waals surface area contributed by atoms with Crippen molar-refractivity contribution in [3.63, 3.8) is 0 Å². The molecule has 1 aromatic carbocycles. The average Bonchev–Trinajstić information content (AvgIpc) is 3.41. The van der Waals surface area contributed by atoms with E-state index in [4.69, 9.17) is 18.9 Å². The molecule has 0 aliphatic carbocycles. The van der Waals surface area contributed by atoms with Gasteiger partial charge in [-0.1, -0.05) is 17.0 Å². The molecule has 3 heterocycles. The zero-order chi connectivity index (χ0) is 31.4. The van der Waals surface area contributed by atoms with Crippen molar-refractivity contribution in [1.82, 2.24) is 20.0 Å². The van der Waals surface area contributed by atoms with Crippen LogP contribution in [0.4, 0.5) is 19.0 Å². The summed E-state index contributed by atoms with van der Waals surface area (Å²) in [7, 11) is 0. The number of aromatic nitrogens is 4. The Hall–Kier alpha value is -4.58. The van der Waals surface area contributed by atoms with Crippen molar-refractivity contribution in [1.29, 1.82) is 0 Å². The lowest BCUT2D eigenvalue weighted by molar-refractivity contribution is -0.389. The number of hydrogen-bond donors (Lipinski definition) is 0. The molecule has 5 atom stereocenters. The van der Waals surface area contributed by atoms with E-state index in [9.17, 15) is 37.7 Å². The predicted octanol–water partition coefficient (Wildman–Crippen LogP) is 3.15. The molecular weight excluding hydrogens is 603 g/mol. The molecule has 43 heavy (non-hydrogen) atoms. The molecule has 1 fully saturated rings. The first kappa shape index (κ1) is 31.4. The third-order valence-electron chi connectivity index (χ3n) is 5.92. The summed E-state index contributed by atoms with van der Waals surface area (Å²) in [6, 6.07) is 2.72. The summed E-state index contributed by atoms with van der Waals surface area (Å²) in [4.78, 5) is 50.6. The number of nitro groups is 1. The molecule has 14 nitrogen and oxygen atoms in total. The molecule has 18 heteroatoms. The fourth-order valence-electron chi connectivity index (χ4n) is 4.24. The van der Waals surface area contributed by atoms with Crippen LogP contribution in [0.3, 0.4) is 0 Å². The van der Waals surface area contributed by atoms with Gasteiger partial charge in [-0.25, -0.2) is 17.9 Å². The number of ether oxygens (including phenoxy) is 4. The first-order chi connectivity index (χ1) is 20.3. The topological polar surface area (TPSA) is 175 Å². The monoisotopic (exact) mass is 625 g/mol. The molecule has 1 saturated heterocycles. The van der Waals surface area contributed by atoms with Crippen molar-refractivity contribution in [2.24, 2.45) is 0 Å². The highest BCUT2D eigenvalue weighted by atomic mass is 32.2. The number of carbonyl (C=O) groups excluding carboxylic acids is 3. The van der Waals surface area contributed by atoms with Crippen LogP contribution in [-0.2, 0) is 33.3 Å². The van der Waals surface area contributed by atoms with Gasteiger partial charge in [-0.3, -0.25) is 14.4 Å². The van der Waals surface area contributed by atoms with E-state index in [1.807, 2.05) is 0 Å². The molecule has 0 N–H and O–H groups in total. The van der Waals surface area contributed by atoms with E-state index in [1.54, 1.807) is 0 Å². The Bertz CT molecular complexity index is 1540. The lowest BCUT2D eigenvalue weighted by atomic mass is 9.96. The minimum absolute atomic E-state index is 0.127. The van der Waals surface area contributed by atoms with Crippen molar-refractivity contribution < 1.29 is 51.4 Å².